The van der Waals surface area contributed by atoms with Crippen molar-refractivity contribution in [2.75, 3.05) is 9.71 Å². The minimum absolute atomic E-state index is 0.0203. The Kier molecular flexibility index (Phi) is 8.99. The summed E-state index contributed by atoms with van der Waals surface area (Å²) in [4.78, 5) is 5.24. The van der Waals surface area contributed by atoms with Crippen LogP contribution in [0.15, 0.2) is 168 Å². The zero-order valence-electron chi connectivity index (χ0n) is 43.1. The van der Waals surface area contributed by atoms with E-state index in [0.29, 0.717) is 23.0 Å². The second-order valence-corrected chi connectivity index (χ2v) is 24.6. The number of aryl methyl sites for hydroxylation is 1. The van der Waals surface area contributed by atoms with Crippen LogP contribution in [0.4, 0.5) is 28.4 Å². The van der Waals surface area contributed by atoms with Crippen molar-refractivity contribution >= 4 is 99.7 Å². The maximum Gasteiger partial charge on any atom is 0.333 e. The van der Waals surface area contributed by atoms with Gasteiger partial charge in [-0.1, -0.05) is 139 Å². The summed E-state index contributed by atoms with van der Waals surface area (Å²) in [6, 6.07) is 60.6. The van der Waals surface area contributed by atoms with E-state index in [-0.39, 0.29) is 23.1 Å². The van der Waals surface area contributed by atoms with Gasteiger partial charge in [-0.15, -0.1) is 11.3 Å². The number of thiophene rings is 1. The molecular formula is C67H55BN2O3S. The molecule has 5 heterocycles. The van der Waals surface area contributed by atoms with Crippen LogP contribution in [0.3, 0.4) is 0 Å². The molecule has 360 valence electrons. The molecule has 74 heavy (non-hydrogen) atoms. The Morgan fingerprint density at radius 1 is 0.527 bits per heavy atom. The highest BCUT2D eigenvalue weighted by atomic mass is 32.1. The fourth-order valence-corrected chi connectivity index (χ4v) is 14.1. The molecule has 0 unspecified atom stereocenters. The van der Waals surface area contributed by atoms with E-state index in [1.807, 2.05) is 35.6 Å². The average Bonchev–Trinajstić information content (AvgIpc) is 4.12. The zero-order valence-corrected chi connectivity index (χ0v) is 43.9. The van der Waals surface area contributed by atoms with Gasteiger partial charge >= 0.3 is 6.85 Å². The number of furan rings is 1. The number of ether oxygens (including phenoxy) is 2. The Morgan fingerprint density at radius 2 is 1.19 bits per heavy atom. The van der Waals surface area contributed by atoms with Crippen molar-refractivity contribution in [3.8, 4) is 45.3 Å². The lowest BCUT2D eigenvalue weighted by atomic mass is 9.43. The van der Waals surface area contributed by atoms with Crippen LogP contribution < -0.4 is 30.1 Å². The molecule has 0 atom stereocenters. The molecule has 0 saturated heterocycles. The van der Waals surface area contributed by atoms with Crippen molar-refractivity contribution in [2.24, 2.45) is 0 Å². The molecule has 4 aliphatic rings. The van der Waals surface area contributed by atoms with Crippen LogP contribution in [-0.4, -0.2) is 6.85 Å². The third-order valence-electron chi connectivity index (χ3n) is 17.0. The van der Waals surface area contributed by atoms with Crippen molar-refractivity contribution in [1.82, 2.24) is 0 Å². The van der Waals surface area contributed by atoms with Gasteiger partial charge in [-0.3, -0.25) is 0 Å². The number of para-hydroxylation sites is 3. The largest absolute Gasteiger partial charge is 0.455 e. The Labute approximate surface area is 436 Å². The number of nitrogens with zero attached hydrogens (tertiary/aromatic N) is 2. The van der Waals surface area contributed by atoms with E-state index in [4.69, 9.17) is 13.9 Å². The molecule has 0 amide bonds. The fourth-order valence-electron chi connectivity index (χ4n) is 13.0. The van der Waals surface area contributed by atoms with Gasteiger partial charge in [0.1, 0.15) is 11.2 Å². The van der Waals surface area contributed by atoms with Gasteiger partial charge in [-0.05, 0) is 141 Å². The highest BCUT2D eigenvalue weighted by Crippen LogP contribution is 2.57. The van der Waals surface area contributed by atoms with Crippen LogP contribution in [-0.2, 0) is 16.2 Å². The van der Waals surface area contributed by atoms with E-state index >= 15 is 0 Å². The lowest BCUT2D eigenvalue weighted by molar-refractivity contribution is 0.332. The van der Waals surface area contributed by atoms with Crippen LogP contribution in [0.1, 0.15) is 83.6 Å². The molecule has 15 rings (SSSR count). The second-order valence-electron chi connectivity index (χ2n) is 23.5. The molecule has 11 aromatic rings. The van der Waals surface area contributed by atoms with Crippen molar-refractivity contribution in [3.63, 3.8) is 0 Å². The van der Waals surface area contributed by atoms with Gasteiger partial charge in [0.15, 0.2) is 23.0 Å². The quantitative estimate of drug-likeness (QED) is 0.165. The summed E-state index contributed by atoms with van der Waals surface area (Å²) in [6.45, 7) is 18.6. The van der Waals surface area contributed by atoms with Crippen molar-refractivity contribution < 1.29 is 13.9 Å². The highest BCUT2D eigenvalue weighted by Gasteiger charge is 2.49. The molecule has 5 nitrogen and oxygen atoms in total. The maximum atomic E-state index is 7.27. The molecule has 7 heteroatoms. The number of hydrogen-bond acceptors (Lipinski definition) is 6. The lowest BCUT2D eigenvalue weighted by Crippen LogP contribution is -2.61. The van der Waals surface area contributed by atoms with Gasteiger partial charge in [0.2, 0.25) is 0 Å². The SMILES string of the molecule is Cc1cc2c(cc1N1c3cc4c(cc3B3c5c1cc1c(oc6ccccc61)c5-c1cc5sc6ccccc6c5cc1N3c1ccc(C(C)(C)C)cc1-c1ccccc1)Oc1ccccc1O4)C(C)(C)CCC2(C)C. The predicted octanol–water partition coefficient (Wildman–Crippen LogP) is 18.2. The number of anilines is 5. The van der Waals surface area contributed by atoms with Crippen LogP contribution in [0.2, 0.25) is 0 Å². The van der Waals surface area contributed by atoms with Crippen LogP contribution in [0, 0.1) is 6.92 Å². The molecule has 0 radical (unpaired) electrons. The Bertz CT molecular complexity index is 4230. The topological polar surface area (TPSA) is 38.1 Å². The molecule has 0 saturated carbocycles. The summed E-state index contributed by atoms with van der Waals surface area (Å²) < 4.78 is 23.6. The first kappa shape index (κ1) is 43.8. The van der Waals surface area contributed by atoms with Gasteiger partial charge in [0.05, 0.1) is 0 Å². The van der Waals surface area contributed by atoms with E-state index < -0.39 is 0 Å². The third kappa shape index (κ3) is 6.23. The minimum atomic E-state index is -0.346. The number of rotatable bonds is 3. The molecule has 2 aromatic heterocycles. The van der Waals surface area contributed by atoms with Gasteiger partial charge in [0, 0.05) is 82.1 Å². The Balaban J connectivity index is 1.13. The first-order valence-electron chi connectivity index (χ1n) is 26.2. The lowest BCUT2D eigenvalue weighted by Gasteiger charge is -2.47. The number of benzene rings is 9. The Hall–Kier alpha value is -7.74. The number of hydrogen-bond donors (Lipinski definition) is 0. The monoisotopic (exact) mass is 978 g/mol. The summed E-state index contributed by atoms with van der Waals surface area (Å²) in [6.07, 6.45) is 2.26. The third-order valence-corrected chi connectivity index (χ3v) is 18.2. The average molecular weight is 979 g/mol. The van der Waals surface area contributed by atoms with Crippen LogP contribution >= 0.6 is 11.3 Å². The van der Waals surface area contributed by atoms with Gasteiger partial charge < -0.3 is 23.6 Å². The van der Waals surface area contributed by atoms with E-state index in [0.717, 1.165) is 79.8 Å². The van der Waals surface area contributed by atoms with Crippen LogP contribution in [0.5, 0.6) is 23.0 Å². The second kappa shape index (κ2) is 15.2. The number of fused-ring (bicyclic) bond motifs is 14. The fraction of sp³-hybridized carbons (Fsp3) is 0.194. The molecule has 0 fully saturated rings. The first-order chi connectivity index (χ1) is 35.7. The zero-order chi connectivity index (χ0) is 50.2. The van der Waals surface area contributed by atoms with E-state index in [2.05, 4.69) is 205 Å². The van der Waals surface area contributed by atoms with Crippen molar-refractivity contribution in [1.29, 1.82) is 0 Å². The highest BCUT2D eigenvalue weighted by molar-refractivity contribution is 7.25. The first-order valence-corrected chi connectivity index (χ1v) is 27.0. The molecule has 3 aliphatic heterocycles. The summed E-state index contributed by atoms with van der Waals surface area (Å²) in [7, 11) is 0. The normalized spacial score (nSPS) is 15.8. The van der Waals surface area contributed by atoms with Gasteiger partial charge in [0.25, 0.3) is 0 Å². The van der Waals surface area contributed by atoms with E-state index in [9.17, 15) is 0 Å². The smallest absolute Gasteiger partial charge is 0.333 e. The van der Waals surface area contributed by atoms with Crippen molar-refractivity contribution in [3.05, 3.63) is 186 Å². The molecule has 0 spiro atoms. The predicted molar refractivity (Wildman–Crippen MR) is 311 cm³/mol. The van der Waals surface area contributed by atoms with Crippen LogP contribution in [0.25, 0.3) is 64.4 Å². The standard InChI is InChI=1S/C67H55BN2O3S/c1-38-30-47-48(67(7,8)29-28-66(47,5)6)35-51(38)69-53-37-59-58(71-56-23-15-16-24-57(56)72-59)36-49(53)68-63-54(69)33-45-41-20-12-14-22-55(41)73-64(45)62(63)46-34-61-44(42-21-13-17-25-60(42)74-61)32-52(46)70(68)50-27-26-40(65(2,3)4)31-43(50)39-18-10-9-11-19-39/h9-27,30-37H,28-29H2,1-8H3. The molecule has 9 aromatic carbocycles. The van der Waals surface area contributed by atoms with E-state index in [1.54, 1.807) is 0 Å². The summed E-state index contributed by atoms with van der Waals surface area (Å²) in [5.74, 6) is 2.79. The maximum absolute atomic E-state index is 7.27. The Morgan fingerprint density at radius 3 is 1.95 bits per heavy atom. The minimum Gasteiger partial charge on any atom is -0.455 e. The van der Waals surface area contributed by atoms with Gasteiger partial charge in [-0.2, -0.15) is 0 Å². The summed E-state index contributed by atoms with van der Waals surface area (Å²) in [5, 5.41) is 4.70. The summed E-state index contributed by atoms with van der Waals surface area (Å²) in [5.41, 5.74) is 19.7. The summed E-state index contributed by atoms with van der Waals surface area (Å²) >= 11 is 1.87. The van der Waals surface area contributed by atoms with Crippen molar-refractivity contribution in [2.45, 2.75) is 84.5 Å². The molecule has 1 aliphatic carbocycles. The molecule has 0 N–H and O–H groups in total. The van der Waals surface area contributed by atoms with E-state index in [1.165, 1.54) is 59.0 Å². The molecule has 0 bridgehead atoms. The van der Waals surface area contributed by atoms with Gasteiger partial charge in [-0.25, -0.2) is 0 Å². The molecular weight excluding hydrogens is 924 g/mol.